The molecule has 1 N–H and O–H groups in total. The molecule has 0 aromatic carbocycles. The van der Waals surface area contributed by atoms with Crippen molar-refractivity contribution >= 4 is 29.0 Å². The van der Waals surface area contributed by atoms with Gasteiger partial charge in [0, 0.05) is 6.04 Å². The zero-order chi connectivity index (χ0) is 16.0. The fourth-order valence-electron chi connectivity index (χ4n) is 5.61. The molecule has 6 heteroatoms. The number of hydrogen-bond acceptors (Lipinski definition) is 5. The minimum atomic E-state index is 0.145. The van der Waals surface area contributed by atoms with E-state index in [-0.39, 0.29) is 5.91 Å². The van der Waals surface area contributed by atoms with Crippen LogP contribution in [0.1, 0.15) is 50.5 Å². The summed E-state index contributed by atoms with van der Waals surface area (Å²) in [6.07, 6.45) is 8.36. The number of carbonyl (C=O) groups is 1. The Hall–Kier alpha value is -0.620. The van der Waals surface area contributed by atoms with Gasteiger partial charge in [-0.05, 0) is 75.5 Å². The summed E-state index contributed by atoms with van der Waals surface area (Å²) in [7, 11) is 0. The highest BCUT2D eigenvalue weighted by Gasteiger charge is 2.53. The number of carbonyl (C=O) groups excluding carboxylic acids is 1. The van der Waals surface area contributed by atoms with Gasteiger partial charge in [-0.1, -0.05) is 23.1 Å². The standard InChI is InChI=1S/C17H25N3OS2/c1-10(18-15(21)9-22-16-20-19-11(2)23-16)17-6-12-3-13(7-17)5-14(4-12)8-17/h10,12-14H,3-9H2,1-2H3,(H,18,21)/t10-,12?,13?,14?,17?/m0/s1. The van der Waals surface area contributed by atoms with E-state index in [2.05, 4.69) is 22.4 Å². The van der Waals surface area contributed by atoms with Crippen molar-refractivity contribution in [2.24, 2.45) is 23.2 Å². The van der Waals surface area contributed by atoms with Crippen LogP contribution in [-0.4, -0.2) is 27.9 Å². The molecule has 1 aromatic heterocycles. The lowest BCUT2D eigenvalue weighted by molar-refractivity contribution is -0.123. The largest absolute Gasteiger partial charge is 0.352 e. The molecule has 4 bridgehead atoms. The molecule has 4 aliphatic rings. The van der Waals surface area contributed by atoms with Crippen LogP contribution < -0.4 is 5.32 Å². The monoisotopic (exact) mass is 351 g/mol. The predicted octanol–water partition coefficient (Wildman–Crippen LogP) is 3.66. The molecule has 4 saturated carbocycles. The fourth-order valence-corrected chi connectivity index (χ4v) is 7.23. The zero-order valence-electron chi connectivity index (χ0n) is 13.9. The molecule has 0 radical (unpaired) electrons. The first-order valence-corrected chi connectivity index (χ1v) is 10.5. The molecular weight excluding hydrogens is 326 g/mol. The minimum absolute atomic E-state index is 0.145. The van der Waals surface area contributed by atoms with Gasteiger partial charge in [0.2, 0.25) is 5.91 Å². The van der Waals surface area contributed by atoms with Crippen LogP contribution in [0.3, 0.4) is 0 Å². The molecule has 5 rings (SSSR count). The zero-order valence-corrected chi connectivity index (χ0v) is 15.5. The number of aromatic nitrogens is 2. The number of thioether (sulfide) groups is 1. The van der Waals surface area contributed by atoms with Crippen LogP contribution in [0.2, 0.25) is 0 Å². The summed E-state index contributed by atoms with van der Waals surface area (Å²) in [6.45, 7) is 4.18. The van der Waals surface area contributed by atoms with E-state index in [1.54, 1.807) is 11.3 Å². The highest BCUT2D eigenvalue weighted by molar-refractivity contribution is 8.01. The normalized spacial score (nSPS) is 36.2. The van der Waals surface area contributed by atoms with Crippen molar-refractivity contribution in [1.29, 1.82) is 0 Å². The Kier molecular flexibility index (Phi) is 4.16. The second-order valence-electron chi connectivity index (χ2n) is 7.94. The maximum Gasteiger partial charge on any atom is 0.230 e. The quantitative estimate of drug-likeness (QED) is 0.823. The summed E-state index contributed by atoms with van der Waals surface area (Å²) in [5.41, 5.74) is 0.383. The van der Waals surface area contributed by atoms with Gasteiger partial charge in [-0.15, -0.1) is 10.2 Å². The van der Waals surface area contributed by atoms with E-state index in [1.165, 1.54) is 50.3 Å². The summed E-state index contributed by atoms with van der Waals surface area (Å²) in [5, 5.41) is 12.3. The molecule has 4 aliphatic carbocycles. The van der Waals surface area contributed by atoms with Crippen molar-refractivity contribution in [3.8, 4) is 0 Å². The van der Waals surface area contributed by atoms with E-state index >= 15 is 0 Å². The SMILES string of the molecule is Cc1nnc(SCC(=O)N[C@@H](C)C23CC4CC(CC(C4)C2)C3)s1. The van der Waals surface area contributed by atoms with E-state index in [1.807, 2.05) is 6.92 Å². The molecule has 1 atom stereocenters. The maximum atomic E-state index is 12.4. The Morgan fingerprint density at radius 2 is 1.87 bits per heavy atom. The van der Waals surface area contributed by atoms with Gasteiger partial charge >= 0.3 is 0 Å². The second kappa shape index (κ2) is 6.03. The van der Waals surface area contributed by atoms with Crippen LogP contribution in [0.15, 0.2) is 4.34 Å². The highest BCUT2D eigenvalue weighted by Crippen LogP contribution is 2.61. The highest BCUT2D eigenvalue weighted by atomic mass is 32.2. The van der Waals surface area contributed by atoms with Gasteiger partial charge in [-0.2, -0.15) is 0 Å². The molecule has 1 amide bonds. The van der Waals surface area contributed by atoms with Crippen molar-refractivity contribution in [3.63, 3.8) is 0 Å². The van der Waals surface area contributed by atoms with Gasteiger partial charge in [-0.3, -0.25) is 4.79 Å². The minimum Gasteiger partial charge on any atom is -0.352 e. The smallest absolute Gasteiger partial charge is 0.230 e. The van der Waals surface area contributed by atoms with E-state index < -0.39 is 0 Å². The van der Waals surface area contributed by atoms with Gasteiger partial charge in [0.15, 0.2) is 4.34 Å². The lowest BCUT2D eigenvalue weighted by Crippen LogP contribution is -2.56. The van der Waals surface area contributed by atoms with Crippen LogP contribution in [0, 0.1) is 30.1 Å². The summed E-state index contributed by atoms with van der Waals surface area (Å²) in [4.78, 5) is 12.4. The third kappa shape index (κ3) is 3.16. The van der Waals surface area contributed by atoms with Crippen molar-refractivity contribution in [2.45, 2.75) is 62.8 Å². The van der Waals surface area contributed by atoms with E-state index in [4.69, 9.17) is 0 Å². The number of aryl methyl sites for hydroxylation is 1. The Balaban J connectivity index is 1.34. The first-order chi connectivity index (χ1) is 11.0. The third-order valence-corrected chi connectivity index (χ3v) is 8.19. The lowest BCUT2D eigenvalue weighted by Gasteiger charge is -2.59. The number of rotatable bonds is 5. The van der Waals surface area contributed by atoms with Gasteiger partial charge < -0.3 is 5.32 Å². The van der Waals surface area contributed by atoms with Gasteiger partial charge in [0.05, 0.1) is 5.75 Å². The molecule has 23 heavy (non-hydrogen) atoms. The van der Waals surface area contributed by atoms with Crippen LogP contribution in [0.25, 0.3) is 0 Å². The first kappa shape index (κ1) is 15.9. The lowest BCUT2D eigenvalue weighted by atomic mass is 9.48. The molecule has 0 unspecified atom stereocenters. The molecule has 126 valence electrons. The van der Waals surface area contributed by atoms with Gasteiger partial charge in [0.1, 0.15) is 5.01 Å². The van der Waals surface area contributed by atoms with E-state index in [0.717, 1.165) is 27.1 Å². The van der Waals surface area contributed by atoms with Crippen LogP contribution in [0.4, 0.5) is 0 Å². The van der Waals surface area contributed by atoms with Crippen molar-refractivity contribution in [3.05, 3.63) is 5.01 Å². The Labute approximate surface area is 146 Å². The molecule has 0 spiro atoms. The molecule has 1 aromatic rings. The second-order valence-corrected chi connectivity index (χ2v) is 10.3. The third-order valence-electron chi connectivity index (χ3n) is 6.22. The van der Waals surface area contributed by atoms with Crippen molar-refractivity contribution in [2.75, 3.05) is 5.75 Å². The number of nitrogens with one attached hydrogen (secondary N) is 1. The average molecular weight is 352 g/mol. The summed E-state index contributed by atoms with van der Waals surface area (Å²) in [6, 6.07) is 0.306. The molecule has 4 fully saturated rings. The number of amides is 1. The Bertz CT molecular complexity index is 565. The van der Waals surface area contributed by atoms with Gasteiger partial charge in [0.25, 0.3) is 0 Å². The van der Waals surface area contributed by atoms with Crippen LogP contribution in [-0.2, 0) is 4.79 Å². The molecule has 1 heterocycles. The Morgan fingerprint density at radius 3 is 2.39 bits per heavy atom. The maximum absolute atomic E-state index is 12.4. The van der Waals surface area contributed by atoms with Crippen molar-refractivity contribution in [1.82, 2.24) is 15.5 Å². The van der Waals surface area contributed by atoms with Crippen LogP contribution in [0.5, 0.6) is 0 Å². The molecule has 0 aliphatic heterocycles. The molecule has 0 saturated heterocycles. The fraction of sp³-hybridized carbons (Fsp3) is 0.824. The molecule has 4 nitrogen and oxygen atoms in total. The first-order valence-electron chi connectivity index (χ1n) is 8.75. The summed E-state index contributed by atoms with van der Waals surface area (Å²) in [5.74, 6) is 3.38. The number of nitrogens with zero attached hydrogens (tertiary/aromatic N) is 2. The van der Waals surface area contributed by atoms with E-state index in [9.17, 15) is 4.79 Å². The predicted molar refractivity (Wildman–Crippen MR) is 93.6 cm³/mol. The van der Waals surface area contributed by atoms with Crippen molar-refractivity contribution < 1.29 is 4.79 Å². The Morgan fingerprint density at radius 1 is 1.26 bits per heavy atom. The van der Waals surface area contributed by atoms with Crippen LogP contribution >= 0.6 is 23.1 Å². The molecular formula is C17H25N3OS2. The average Bonchev–Trinajstić information content (AvgIpc) is 2.89. The summed E-state index contributed by atoms with van der Waals surface area (Å²) < 4.78 is 0.889. The topological polar surface area (TPSA) is 54.9 Å². The van der Waals surface area contributed by atoms with E-state index in [0.29, 0.717) is 17.2 Å². The number of hydrogen-bond donors (Lipinski definition) is 1. The summed E-state index contributed by atoms with van der Waals surface area (Å²) >= 11 is 3.06. The van der Waals surface area contributed by atoms with Gasteiger partial charge in [-0.25, -0.2) is 0 Å².